The Morgan fingerprint density at radius 1 is 1.07 bits per heavy atom. The van der Waals surface area contributed by atoms with Crippen molar-refractivity contribution >= 4 is 17.4 Å². The monoisotopic (exact) mass is 406 g/mol. The van der Waals surface area contributed by atoms with E-state index in [0.29, 0.717) is 11.3 Å². The molecule has 0 saturated carbocycles. The number of nitrogens with one attached hydrogen (secondary N) is 2. The van der Waals surface area contributed by atoms with Crippen LogP contribution in [0.4, 0.5) is 29.3 Å². The molecule has 29 heavy (non-hydrogen) atoms. The lowest BCUT2D eigenvalue weighted by molar-refractivity contribution is -0.137. The van der Waals surface area contributed by atoms with E-state index >= 15 is 0 Å². The fourth-order valence-corrected chi connectivity index (χ4v) is 3.26. The summed E-state index contributed by atoms with van der Waals surface area (Å²) in [5.74, 6) is 0. The zero-order valence-corrected chi connectivity index (χ0v) is 16.5. The number of nitrogens with zero attached hydrogens (tertiary/aromatic N) is 2. The van der Waals surface area contributed by atoms with Crippen LogP contribution in [0.3, 0.4) is 0 Å². The van der Waals surface area contributed by atoms with Crippen molar-refractivity contribution in [3.05, 3.63) is 59.2 Å². The first kappa shape index (κ1) is 21.0. The van der Waals surface area contributed by atoms with E-state index in [0.717, 1.165) is 49.6 Å². The van der Waals surface area contributed by atoms with Gasteiger partial charge < -0.3 is 20.4 Å². The first-order valence-electron chi connectivity index (χ1n) is 9.47. The van der Waals surface area contributed by atoms with Crippen LogP contribution in [0.5, 0.6) is 0 Å². The second kappa shape index (κ2) is 8.73. The molecule has 1 aliphatic heterocycles. The molecule has 2 aromatic carbocycles. The number of aryl methyl sites for hydroxylation is 1. The Morgan fingerprint density at radius 2 is 1.79 bits per heavy atom. The van der Waals surface area contributed by atoms with Crippen LogP contribution in [-0.2, 0) is 12.7 Å². The van der Waals surface area contributed by atoms with Crippen molar-refractivity contribution in [2.45, 2.75) is 19.6 Å². The van der Waals surface area contributed by atoms with Crippen LogP contribution >= 0.6 is 0 Å². The summed E-state index contributed by atoms with van der Waals surface area (Å²) >= 11 is 0. The number of rotatable bonds is 4. The fourth-order valence-electron chi connectivity index (χ4n) is 3.26. The van der Waals surface area contributed by atoms with Gasteiger partial charge in [0.05, 0.1) is 5.56 Å². The van der Waals surface area contributed by atoms with Crippen LogP contribution < -0.4 is 15.5 Å². The van der Waals surface area contributed by atoms with Crippen LogP contribution in [0.15, 0.2) is 42.5 Å². The molecule has 1 fully saturated rings. The fraction of sp³-hybridized carbons (Fsp3) is 0.381. The van der Waals surface area contributed by atoms with Crippen LogP contribution in [-0.4, -0.2) is 44.2 Å². The summed E-state index contributed by atoms with van der Waals surface area (Å²) in [4.78, 5) is 16.8. The van der Waals surface area contributed by atoms with E-state index in [2.05, 4.69) is 27.5 Å². The van der Waals surface area contributed by atoms with Crippen molar-refractivity contribution in [3.63, 3.8) is 0 Å². The molecule has 0 aliphatic carbocycles. The van der Waals surface area contributed by atoms with E-state index in [1.54, 1.807) is 6.07 Å². The maximum absolute atomic E-state index is 12.8. The number of benzene rings is 2. The highest BCUT2D eigenvalue weighted by Gasteiger charge is 2.30. The molecule has 2 aromatic rings. The molecular formula is C21H25F3N4O. The van der Waals surface area contributed by atoms with Crippen LogP contribution in [0.25, 0.3) is 0 Å². The number of anilines is 2. The highest BCUT2D eigenvalue weighted by Crippen LogP contribution is 2.29. The Labute approximate surface area is 168 Å². The highest BCUT2D eigenvalue weighted by atomic mass is 19.4. The summed E-state index contributed by atoms with van der Waals surface area (Å²) in [5.41, 5.74) is 2.37. The number of hydrogen-bond donors (Lipinski definition) is 2. The first-order valence-corrected chi connectivity index (χ1v) is 9.47. The van der Waals surface area contributed by atoms with Gasteiger partial charge in [-0.05, 0) is 55.4 Å². The van der Waals surface area contributed by atoms with Gasteiger partial charge in [0.25, 0.3) is 0 Å². The molecule has 0 bridgehead atoms. The number of urea groups is 1. The molecular weight excluding hydrogens is 381 g/mol. The molecule has 3 rings (SSSR count). The first-order chi connectivity index (χ1) is 13.7. The van der Waals surface area contributed by atoms with Crippen molar-refractivity contribution in [1.82, 2.24) is 10.2 Å². The number of hydrogen-bond acceptors (Lipinski definition) is 3. The van der Waals surface area contributed by atoms with Crippen molar-refractivity contribution in [3.8, 4) is 0 Å². The topological polar surface area (TPSA) is 47.6 Å². The number of amides is 2. The van der Waals surface area contributed by atoms with Gasteiger partial charge in [0.2, 0.25) is 0 Å². The minimum atomic E-state index is -4.40. The van der Waals surface area contributed by atoms with Crippen molar-refractivity contribution < 1.29 is 18.0 Å². The lowest BCUT2D eigenvalue weighted by Gasteiger charge is -2.34. The number of carbonyl (C=O) groups is 1. The Hall–Kier alpha value is -2.74. The molecule has 0 atom stereocenters. The summed E-state index contributed by atoms with van der Waals surface area (Å²) < 4.78 is 38.3. The van der Waals surface area contributed by atoms with Gasteiger partial charge in [-0.3, -0.25) is 0 Å². The van der Waals surface area contributed by atoms with Crippen LogP contribution in [0.1, 0.15) is 16.7 Å². The molecule has 1 heterocycles. The number of likely N-dealkylation sites (N-methyl/N-ethyl adjacent to an activating group) is 1. The third kappa shape index (κ3) is 5.63. The maximum atomic E-state index is 12.8. The summed E-state index contributed by atoms with van der Waals surface area (Å²) in [6.45, 7) is 5.87. The second-order valence-corrected chi connectivity index (χ2v) is 7.30. The SMILES string of the molecule is Cc1cc(N2CCN(C)CC2)ccc1NC(=O)NCc1cccc(C(F)(F)F)c1. The lowest BCUT2D eigenvalue weighted by atomic mass is 10.1. The summed E-state index contributed by atoms with van der Waals surface area (Å²) in [7, 11) is 2.10. The van der Waals surface area contributed by atoms with Crippen molar-refractivity contribution in [1.29, 1.82) is 0 Å². The van der Waals surface area contributed by atoms with Crippen LogP contribution in [0, 0.1) is 6.92 Å². The third-order valence-corrected chi connectivity index (χ3v) is 5.03. The maximum Gasteiger partial charge on any atom is 0.416 e. The van der Waals surface area contributed by atoms with Gasteiger partial charge in [-0.2, -0.15) is 13.2 Å². The van der Waals surface area contributed by atoms with Gasteiger partial charge in [-0.25, -0.2) is 4.79 Å². The van der Waals surface area contributed by atoms with Gasteiger partial charge in [0, 0.05) is 44.1 Å². The zero-order chi connectivity index (χ0) is 21.0. The smallest absolute Gasteiger partial charge is 0.369 e. The normalized spacial score (nSPS) is 15.3. The molecule has 5 nitrogen and oxygen atoms in total. The Morgan fingerprint density at radius 3 is 2.45 bits per heavy atom. The number of alkyl halides is 3. The molecule has 8 heteroatoms. The molecule has 0 spiro atoms. The van der Waals surface area contributed by atoms with Crippen molar-refractivity contribution in [2.75, 3.05) is 43.4 Å². The molecule has 0 aromatic heterocycles. The van der Waals surface area contributed by atoms with E-state index in [-0.39, 0.29) is 6.54 Å². The average molecular weight is 406 g/mol. The zero-order valence-electron chi connectivity index (χ0n) is 16.5. The Balaban J connectivity index is 1.57. The van der Waals surface area contributed by atoms with E-state index in [1.165, 1.54) is 6.07 Å². The Bertz CT molecular complexity index is 861. The van der Waals surface area contributed by atoms with Gasteiger partial charge in [-0.1, -0.05) is 12.1 Å². The predicted octanol–water partition coefficient (Wildman–Crippen LogP) is 4.09. The minimum absolute atomic E-state index is 0.00812. The molecule has 2 amide bonds. The summed E-state index contributed by atoms with van der Waals surface area (Å²) in [6, 6.07) is 10.3. The predicted molar refractivity (Wildman–Crippen MR) is 108 cm³/mol. The van der Waals surface area contributed by atoms with E-state index in [4.69, 9.17) is 0 Å². The lowest BCUT2D eigenvalue weighted by Crippen LogP contribution is -2.44. The van der Waals surface area contributed by atoms with Crippen molar-refractivity contribution in [2.24, 2.45) is 0 Å². The number of piperazine rings is 1. The summed E-state index contributed by atoms with van der Waals surface area (Å²) in [5, 5.41) is 5.37. The Kier molecular flexibility index (Phi) is 6.32. The standard InChI is InChI=1S/C21H25F3N4O/c1-15-12-18(28-10-8-27(2)9-11-28)6-7-19(15)26-20(29)25-14-16-4-3-5-17(13-16)21(22,23)24/h3-7,12-13H,8-11,14H2,1-2H3,(H2,25,26,29). The largest absolute Gasteiger partial charge is 0.416 e. The van der Waals surface area contributed by atoms with E-state index < -0.39 is 17.8 Å². The van der Waals surface area contributed by atoms with Gasteiger partial charge in [0.15, 0.2) is 0 Å². The molecule has 0 radical (unpaired) electrons. The third-order valence-electron chi connectivity index (χ3n) is 5.03. The minimum Gasteiger partial charge on any atom is -0.369 e. The molecule has 0 unspecified atom stereocenters. The average Bonchev–Trinajstić information content (AvgIpc) is 2.68. The second-order valence-electron chi connectivity index (χ2n) is 7.30. The molecule has 2 N–H and O–H groups in total. The molecule has 1 aliphatic rings. The quantitative estimate of drug-likeness (QED) is 0.804. The van der Waals surface area contributed by atoms with E-state index in [9.17, 15) is 18.0 Å². The summed E-state index contributed by atoms with van der Waals surface area (Å²) in [6.07, 6.45) is -4.40. The molecule has 156 valence electrons. The molecule has 1 saturated heterocycles. The van der Waals surface area contributed by atoms with Gasteiger partial charge in [0.1, 0.15) is 0 Å². The van der Waals surface area contributed by atoms with E-state index in [1.807, 2.05) is 25.1 Å². The van der Waals surface area contributed by atoms with Crippen LogP contribution in [0.2, 0.25) is 0 Å². The van der Waals surface area contributed by atoms with Gasteiger partial charge >= 0.3 is 12.2 Å². The number of halogens is 3. The highest BCUT2D eigenvalue weighted by molar-refractivity contribution is 5.90. The van der Waals surface area contributed by atoms with Gasteiger partial charge in [-0.15, -0.1) is 0 Å². The number of carbonyl (C=O) groups excluding carboxylic acids is 1.